The van der Waals surface area contributed by atoms with Gasteiger partial charge in [0.15, 0.2) is 0 Å². The van der Waals surface area contributed by atoms with Crippen LogP contribution in [0, 0.1) is 5.82 Å². The summed E-state index contributed by atoms with van der Waals surface area (Å²) in [4.78, 5) is 15.1. The average molecular weight is 488 g/mol. The number of benzene rings is 2. The summed E-state index contributed by atoms with van der Waals surface area (Å²) >= 11 is 0. The molecule has 2 saturated heterocycles. The molecule has 0 aliphatic carbocycles. The van der Waals surface area contributed by atoms with Gasteiger partial charge in [-0.05, 0) is 54.8 Å². The number of nitrogens with zero attached hydrogens (tertiary/aromatic N) is 2. The highest BCUT2D eigenvalue weighted by molar-refractivity contribution is 7.89. The molecule has 1 amide bonds. The summed E-state index contributed by atoms with van der Waals surface area (Å²) in [5, 5.41) is 2.86. The van der Waals surface area contributed by atoms with Gasteiger partial charge in [0.05, 0.1) is 29.5 Å². The largest absolute Gasteiger partial charge is 0.379 e. The van der Waals surface area contributed by atoms with E-state index in [0.29, 0.717) is 37.6 Å². The van der Waals surface area contributed by atoms with E-state index in [4.69, 9.17) is 4.74 Å². The van der Waals surface area contributed by atoms with Crippen LogP contribution in [0.15, 0.2) is 53.4 Å². The van der Waals surface area contributed by atoms with Crippen LogP contribution in [-0.4, -0.2) is 58.0 Å². The second kappa shape index (κ2) is 11.1. The van der Waals surface area contributed by atoms with Crippen molar-refractivity contribution >= 4 is 33.4 Å². The standard InChI is InChI=1S/C25H30FN3O4S/c26-21-7-5-6-20(18-21)8-11-25(30)27-23-19-22(34(31,32)29-14-16-33-17-15-29)9-10-24(23)28-12-3-1-2-4-13-28/h5-11,18-19H,1-4,12-17H2,(H,27,30). The van der Waals surface area contributed by atoms with Gasteiger partial charge in [-0.2, -0.15) is 4.31 Å². The first-order chi connectivity index (χ1) is 16.4. The van der Waals surface area contributed by atoms with Crippen LogP contribution < -0.4 is 10.2 Å². The van der Waals surface area contributed by atoms with Gasteiger partial charge >= 0.3 is 0 Å². The van der Waals surface area contributed by atoms with Crippen molar-refractivity contribution in [1.82, 2.24) is 4.31 Å². The second-order valence-corrected chi connectivity index (χ2v) is 10.4. The van der Waals surface area contributed by atoms with Crippen LogP contribution in [-0.2, 0) is 19.6 Å². The van der Waals surface area contributed by atoms with Crippen molar-refractivity contribution in [3.05, 3.63) is 59.9 Å². The Hall–Kier alpha value is -2.75. The van der Waals surface area contributed by atoms with E-state index in [-0.39, 0.29) is 10.7 Å². The monoisotopic (exact) mass is 487 g/mol. The van der Waals surface area contributed by atoms with Crippen LogP contribution in [0.5, 0.6) is 0 Å². The highest BCUT2D eigenvalue weighted by atomic mass is 32.2. The normalized spacial score (nSPS) is 18.1. The lowest BCUT2D eigenvalue weighted by atomic mass is 10.2. The maximum Gasteiger partial charge on any atom is 0.248 e. The Labute approximate surface area is 200 Å². The van der Waals surface area contributed by atoms with E-state index >= 15 is 0 Å². The third-order valence-electron chi connectivity index (χ3n) is 6.06. The van der Waals surface area contributed by atoms with E-state index in [0.717, 1.165) is 44.5 Å². The fourth-order valence-electron chi connectivity index (χ4n) is 4.26. The molecule has 0 saturated carbocycles. The van der Waals surface area contributed by atoms with Crippen molar-refractivity contribution in [3.8, 4) is 0 Å². The Morgan fingerprint density at radius 2 is 1.71 bits per heavy atom. The number of carbonyl (C=O) groups excluding carboxylic acids is 1. The van der Waals surface area contributed by atoms with Crippen molar-refractivity contribution in [2.24, 2.45) is 0 Å². The Morgan fingerprint density at radius 3 is 2.41 bits per heavy atom. The van der Waals surface area contributed by atoms with Crippen molar-refractivity contribution in [3.63, 3.8) is 0 Å². The van der Waals surface area contributed by atoms with Gasteiger partial charge < -0.3 is 15.0 Å². The number of anilines is 2. The molecule has 2 fully saturated rings. The number of amides is 1. The maximum absolute atomic E-state index is 13.4. The van der Waals surface area contributed by atoms with Gasteiger partial charge in [-0.15, -0.1) is 0 Å². The molecular weight excluding hydrogens is 457 g/mol. The number of hydrogen-bond acceptors (Lipinski definition) is 5. The summed E-state index contributed by atoms with van der Waals surface area (Å²) in [5.41, 5.74) is 1.81. The minimum atomic E-state index is -3.71. The number of morpholine rings is 1. The van der Waals surface area contributed by atoms with Crippen molar-refractivity contribution < 1.29 is 22.3 Å². The molecular formula is C25H30FN3O4S. The van der Waals surface area contributed by atoms with E-state index in [1.54, 1.807) is 30.3 Å². The first kappa shape index (κ1) is 24.4. The van der Waals surface area contributed by atoms with Crippen LogP contribution in [0.2, 0.25) is 0 Å². The van der Waals surface area contributed by atoms with Gasteiger partial charge in [-0.1, -0.05) is 25.0 Å². The molecule has 7 nitrogen and oxygen atoms in total. The van der Waals surface area contributed by atoms with Crippen molar-refractivity contribution in [1.29, 1.82) is 0 Å². The molecule has 34 heavy (non-hydrogen) atoms. The predicted molar refractivity (Wildman–Crippen MR) is 131 cm³/mol. The SMILES string of the molecule is O=C(C=Cc1cccc(F)c1)Nc1cc(S(=O)(=O)N2CCOCC2)ccc1N1CCCCCC1. The molecule has 0 spiro atoms. The number of carbonyl (C=O) groups is 1. The number of sulfonamides is 1. The molecule has 2 aliphatic rings. The summed E-state index contributed by atoms with van der Waals surface area (Å²) in [7, 11) is -3.71. The van der Waals surface area contributed by atoms with Gasteiger partial charge in [0, 0.05) is 32.3 Å². The van der Waals surface area contributed by atoms with E-state index in [1.165, 1.54) is 28.6 Å². The molecule has 0 aromatic heterocycles. The lowest BCUT2D eigenvalue weighted by molar-refractivity contribution is -0.111. The molecule has 4 rings (SSSR count). The van der Waals surface area contributed by atoms with E-state index in [2.05, 4.69) is 10.2 Å². The molecule has 9 heteroatoms. The maximum atomic E-state index is 13.4. The van der Waals surface area contributed by atoms with Crippen LogP contribution in [0.1, 0.15) is 31.2 Å². The van der Waals surface area contributed by atoms with E-state index < -0.39 is 15.9 Å². The van der Waals surface area contributed by atoms with Crippen molar-refractivity contribution in [2.75, 3.05) is 49.6 Å². The van der Waals surface area contributed by atoms with Crippen LogP contribution >= 0.6 is 0 Å². The smallest absolute Gasteiger partial charge is 0.248 e. The summed E-state index contributed by atoms with van der Waals surface area (Å²) in [6.45, 7) is 3.01. The van der Waals surface area contributed by atoms with Crippen LogP contribution in [0.25, 0.3) is 6.08 Å². The molecule has 2 aromatic carbocycles. The molecule has 2 aliphatic heterocycles. The molecule has 182 valence electrons. The highest BCUT2D eigenvalue weighted by Crippen LogP contribution is 2.32. The topological polar surface area (TPSA) is 79.0 Å². The number of nitrogens with one attached hydrogen (secondary N) is 1. The quantitative estimate of drug-likeness (QED) is 0.626. The predicted octanol–water partition coefficient (Wildman–Crippen LogP) is 3.88. The Morgan fingerprint density at radius 1 is 0.971 bits per heavy atom. The van der Waals surface area contributed by atoms with Crippen LogP contribution in [0.4, 0.5) is 15.8 Å². The van der Waals surface area contributed by atoms with Crippen molar-refractivity contribution in [2.45, 2.75) is 30.6 Å². The Kier molecular flexibility index (Phi) is 7.97. The Bertz CT molecular complexity index is 1140. The van der Waals surface area contributed by atoms with Crippen LogP contribution in [0.3, 0.4) is 0 Å². The molecule has 2 heterocycles. The Balaban J connectivity index is 1.62. The zero-order valence-corrected chi connectivity index (χ0v) is 19.9. The summed E-state index contributed by atoms with van der Waals surface area (Å²) in [6.07, 6.45) is 7.24. The second-order valence-electron chi connectivity index (χ2n) is 8.47. The van der Waals surface area contributed by atoms with E-state index in [9.17, 15) is 17.6 Å². The molecule has 1 N–H and O–H groups in total. The lowest BCUT2D eigenvalue weighted by Crippen LogP contribution is -2.40. The first-order valence-electron chi connectivity index (χ1n) is 11.6. The molecule has 0 unspecified atom stereocenters. The summed E-state index contributed by atoms with van der Waals surface area (Å²) in [5.74, 6) is -0.798. The third kappa shape index (κ3) is 6.02. The number of halogens is 1. The number of rotatable bonds is 6. The van der Waals surface area contributed by atoms with Gasteiger partial charge in [0.1, 0.15) is 5.82 Å². The van der Waals surface area contributed by atoms with Gasteiger partial charge in [-0.25, -0.2) is 12.8 Å². The fourth-order valence-corrected chi connectivity index (χ4v) is 5.69. The zero-order valence-electron chi connectivity index (χ0n) is 19.1. The molecule has 0 radical (unpaired) electrons. The highest BCUT2D eigenvalue weighted by Gasteiger charge is 2.27. The average Bonchev–Trinajstić information content (AvgIpc) is 3.13. The summed E-state index contributed by atoms with van der Waals surface area (Å²) < 4.78 is 46.5. The van der Waals surface area contributed by atoms with Gasteiger partial charge in [0.25, 0.3) is 0 Å². The minimum Gasteiger partial charge on any atom is -0.379 e. The molecule has 0 atom stereocenters. The minimum absolute atomic E-state index is 0.136. The third-order valence-corrected chi connectivity index (χ3v) is 7.95. The molecule has 2 aromatic rings. The van der Waals surface area contributed by atoms with E-state index in [1.807, 2.05) is 0 Å². The number of ether oxygens (including phenoxy) is 1. The first-order valence-corrected chi connectivity index (χ1v) is 13.1. The van der Waals surface area contributed by atoms with Gasteiger partial charge in [0.2, 0.25) is 15.9 Å². The number of hydrogen-bond donors (Lipinski definition) is 1. The fraction of sp³-hybridized carbons (Fsp3) is 0.400. The lowest BCUT2D eigenvalue weighted by Gasteiger charge is -2.28. The summed E-state index contributed by atoms with van der Waals surface area (Å²) in [6, 6.07) is 10.9. The molecule has 0 bridgehead atoms. The van der Waals surface area contributed by atoms with Gasteiger partial charge in [-0.3, -0.25) is 4.79 Å². The zero-order chi connectivity index (χ0) is 24.0.